The first-order valence-corrected chi connectivity index (χ1v) is 15.6. The van der Waals surface area contributed by atoms with Gasteiger partial charge in [-0.2, -0.15) is 0 Å². The minimum Gasteiger partial charge on any atom is -0.352 e. The van der Waals surface area contributed by atoms with E-state index in [1.165, 1.54) is 17.0 Å². The number of amides is 2. The van der Waals surface area contributed by atoms with E-state index in [4.69, 9.17) is 23.2 Å². The highest BCUT2D eigenvalue weighted by Gasteiger charge is 2.34. The Morgan fingerprint density at radius 1 is 0.974 bits per heavy atom. The van der Waals surface area contributed by atoms with Crippen LogP contribution in [-0.2, 0) is 26.2 Å². The molecule has 3 aromatic carbocycles. The van der Waals surface area contributed by atoms with Crippen LogP contribution in [0, 0.1) is 3.57 Å². The monoisotopic (exact) mass is 701 g/mol. The van der Waals surface area contributed by atoms with Crippen LogP contribution in [0.4, 0.5) is 5.69 Å². The van der Waals surface area contributed by atoms with E-state index in [1.807, 2.05) is 13.8 Å². The molecule has 0 heterocycles. The van der Waals surface area contributed by atoms with E-state index in [0.29, 0.717) is 27.7 Å². The third-order valence-electron chi connectivity index (χ3n) is 5.90. The molecule has 0 saturated heterocycles. The van der Waals surface area contributed by atoms with Crippen molar-refractivity contribution in [3.63, 3.8) is 0 Å². The smallest absolute Gasteiger partial charge is 0.264 e. The van der Waals surface area contributed by atoms with Gasteiger partial charge in [-0.3, -0.25) is 13.9 Å². The van der Waals surface area contributed by atoms with Gasteiger partial charge in [0.15, 0.2) is 0 Å². The quantitative estimate of drug-likeness (QED) is 0.244. The van der Waals surface area contributed by atoms with Crippen molar-refractivity contribution in [2.24, 2.45) is 0 Å². The SMILES string of the molecule is CC[C@H](C(=O)NC(C)C)N(Cc1ccc(Cl)cc1Cl)C(=O)CN(c1ccc(I)cc1)S(=O)(=O)c1ccccc1. The van der Waals surface area contributed by atoms with E-state index in [2.05, 4.69) is 27.9 Å². The van der Waals surface area contributed by atoms with Crippen LogP contribution < -0.4 is 9.62 Å². The van der Waals surface area contributed by atoms with Gasteiger partial charge in [0.25, 0.3) is 10.0 Å². The largest absolute Gasteiger partial charge is 0.352 e. The van der Waals surface area contributed by atoms with E-state index >= 15 is 0 Å². The Hall–Kier alpha value is -2.34. The molecule has 3 rings (SSSR count). The van der Waals surface area contributed by atoms with Crippen molar-refractivity contribution in [3.05, 3.63) is 92.0 Å². The van der Waals surface area contributed by atoms with Crippen molar-refractivity contribution in [2.75, 3.05) is 10.8 Å². The highest BCUT2D eigenvalue weighted by molar-refractivity contribution is 14.1. The van der Waals surface area contributed by atoms with Gasteiger partial charge in [0.1, 0.15) is 12.6 Å². The average molecular weight is 702 g/mol. The van der Waals surface area contributed by atoms with Crippen LogP contribution in [0.15, 0.2) is 77.7 Å². The lowest BCUT2D eigenvalue weighted by Gasteiger charge is -2.33. The molecule has 0 aliphatic heterocycles. The van der Waals surface area contributed by atoms with Crippen LogP contribution in [0.5, 0.6) is 0 Å². The summed E-state index contributed by atoms with van der Waals surface area (Å²) in [5.41, 5.74) is 0.911. The number of nitrogens with zero attached hydrogens (tertiary/aromatic N) is 2. The van der Waals surface area contributed by atoms with Crippen LogP contribution in [0.1, 0.15) is 32.8 Å². The molecule has 0 radical (unpaired) electrons. The number of hydrogen-bond acceptors (Lipinski definition) is 4. The summed E-state index contributed by atoms with van der Waals surface area (Å²) in [4.78, 5) is 28.6. The number of nitrogens with one attached hydrogen (secondary N) is 1. The van der Waals surface area contributed by atoms with Gasteiger partial charge >= 0.3 is 0 Å². The maximum absolute atomic E-state index is 14.0. The summed E-state index contributed by atoms with van der Waals surface area (Å²) in [7, 11) is -4.11. The van der Waals surface area contributed by atoms with Gasteiger partial charge in [0, 0.05) is 26.2 Å². The summed E-state index contributed by atoms with van der Waals surface area (Å²) in [6.07, 6.45) is 0.310. The van der Waals surface area contributed by atoms with Crippen LogP contribution in [0.25, 0.3) is 0 Å². The van der Waals surface area contributed by atoms with Gasteiger partial charge in [-0.15, -0.1) is 0 Å². The summed E-state index contributed by atoms with van der Waals surface area (Å²) in [5.74, 6) is -0.887. The lowest BCUT2D eigenvalue weighted by atomic mass is 10.1. The molecule has 208 valence electrons. The van der Waals surface area contributed by atoms with E-state index in [0.717, 1.165) is 7.88 Å². The molecular weight excluding hydrogens is 672 g/mol. The number of halogens is 3. The molecule has 0 spiro atoms. The van der Waals surface area contributed by atoms with Gasteiger partial charge in [0.2, 0.25) is 11.8 Å². The second kappa shape index (κ2) is 13.8. The zero-order valence-electron chi connectivity index (χ0n) is 21.8. The highest BCUT2D eigenvalue weighted by Crippen LogP contribution is 2.27. The Kier molecular flexibility index (Phi) is 11.1. The van der Waals surface area contributed by atoms with Gasteiger partial charge in [0.05, 0.1) is 10.6 Å². The average Bonchev–Trinajstić information content (AvgIpc) is 2.89. The first-order chi connectivity index (χ1) is 18.4. The number of rotatable bonds is 11. The van der Waals surface area contributed by atoms with E-state index in [9.17, 15) is 18.0 Å². The Bertz CT molecular complexity index is 1400. The topological polar surface area (TPSA) is 86.8 Å². The normalized spacial score (nSPS) is 12.2. The Morgan fingerprint density at radius 3 is 2.18 bits per heavy atom. The van der Waals surface area contributed by atoms with Crippen LogP contribution in [0.2, 0.25) is 10.0 Å². The molecule has 1 atom stereocenters. The minimum absolute atomic E-state index is 0.00916. The molecule has 0 aliphatic carbocycles. The van der Waals surface area contributed by atoms with E-state index < -0.39 is 28.5 Å². The molecule has 0 fully saturated rings. The molecule has 0 aliphatic rings. The zero-order chi connectivity index (χ0) is 28.7. The molecular formula is C28H30Cl2IN3O4S. The molecule has 1 N–H and O–H groups in total. The van der Waals surface area contributed by atoms with Crippen molar-refractivity contribution in [1.29, 1.82) is 0 Å². The maximum Gasteiger partial charge on any atom is 0.264 e. The minimum atomic E-state index is -4.11. The van der Waals surface area contributed by atoms with Gasteiger partial charge in [-0.25, -0.2) is 8.42 Å². The lowest BCUT2D eigenvalue weighted by molar-refractivity contribution is -0.140. The molecule has 0 saturated carbocycles. The Balaban J connectivity index is 2.07. The third kappa shape index (κ3) is 8.09. The predicted octanol–water partition coefficient (Wildman–Crippen LogP) is 6.13. The molecule has 11 heteroatoms. The van der Waals surface area contributed by atoms with Gasteiger partial charge in [-0.05, 0) is 97.0 Å². The second-order valence-corrected chi connectivity index (χ2v) is 13.1. The predicted molar refractivity (Wildman–Crippen MR) is 165 cm³/mol. The van der Waals surface area contributed by atoms with E-state index in [1.54, 1.807) is 67.6 Å². The van der Waals surface area contributed by atoms with Crippen molar-refractivity contribution in [2.45, 2.75) is 50.7 Å². The number of sulfonamides is 1. The number of carbonyl (C=O) groups is 2. The summed E-state index contributed by atoms with van der Waals surface area (Å²) in [6.45, 7) is 4.93. The van der Waals surface area contributed by atoms with Crippen LogP contribution in [0.3, 0.4) is 0 Å². The maximum atomic E-state index is 14.0. The summed E-state index contributed by atoms with van der Waals surface area (Å²) < 4.78 is 29.6. The molecule has 2 amide bonds. The van der Waals surface area contributed by atoms with Crippen molar-refractivity contribution in [1.82, 2.24) is 10.2 Å². The molecule has 3 aromatic rings. The summed E-state index contributed by atoms with van der Waals surface area (Å²) in [6, 6.07) is 18.7. The standard InChI is InChI=1S/C28H30Cl2IN3O4S/c1-4-26(28(36)32-19(2)3)33(17-20-10-11-21(29)16-25(20)30)27(35)18-34(23-14-12-22(31)13-15-23)39(37,38)24-8-6-5-7-9-24/h5-16,19,26H,4,17-18H2,1-3H3,(H,32,36)/t26-/m1/s1. The molecule has 39 heavy (non-hydrogen) atoms. The molecule has 0 aromatic heterocycles. The fraction of sp³-hybridized carbons (Fsp3) is 0.286. The first kappa shape index (κ1) is 31.2. The van der Waals surface area contributed by atoms with Crippen molar-refractivity contribution in [3.8, 4) is 0 Å². The zero-order valence-corrected chi connectivity index (χ0v) is 26.3. The van der Waals surface area contributed by atoms with Crippen molar-refractivity contribution >= 4 is 73.3 Å². The number of carbonyl (C=O) groups excluding carboxylic acids is 2. The Labute approximate surface area is 253 Å². The summed E-state index contributed by atoms with van der Waals surface area (Å²) in [5, 5.41) is 3.64. The fourth-order valence-electron chi connectivity index (χ4n) is 3.99. The number of benzene rings is 3. The van der Waals surface area contributed by atoms with E-state index in [-0.39, 0.29) is 23.4 Å². The lowest BCUT2D eigenvalue weighted by Crippen LogP contribution is -2.53. The fourth-order valence-corrected chi connectivity index (χ4v) is 6.25. The highest BCUT2D eigenvalue weighted by atomic mass is 127. The molecule has 7 nitrogen and oxygen atoms in total. The summed E-state index contributed by atoms with van der Waals surface area (Å²) >= 11 is 14.6. The molecule has 0 unspecified atom stereocenters. The van der Waals surface area contributed by atoms with Gasteiger partial charge < -0.3 is 10.2 Å². The van der Waals surface area contributed by atoms with Crippen LogP contribution in [-0.4, -0.2) is 43.8 Å². The molecule has 0 bridgehead atoms. The third-order valence-corrected chi connectivity index (χ3v) is 8.99. The Morgan fingerprint density at radius 2 is 1.62 bits per heavy atom. The first-order valence-electron chi connectivity index (χ1n) is 12.3. The van der Waals surface area contributed by atoms with Gasteiger partial charge in [-0.1, -0.05) is 54.4 Å². The van der Waals surface area contributed by atoms with Crippen molar-refractivity contribution < 1.29 is 18.0 Å². The number of hydrogen-bond donors (Lipinski definition) is 1. The number of anilines is 1. The van der Waals surface area contributed by atoms with Crippen LogP contribution >= 0.6 is 45.8 Å². The second-order valence-electron chi connectivity index (χ2n) is 9.15.